The maximum atomic E-state index is 11.0. The lowest BCUT2D eigenvalue weighted by Gasteiger charge is -2.01. The van der Waals surface area contributed by atoms with Crippen molar-refractivity contribution < 1.29 is 42.9 Å². The maximum Gasteiger partial charge on any atom is 0.332 e. The zero-order chi connectivity index (χ0) is 21.9. The molecule has 0 atom stereocenters. The largest absolute Gasteiger partial charge is 0.466 e. The van der Waals surface area contributed by atoms with E-state index in [2.05, 4.69) is 18.9 Å². The van der Waals surface area contributed by atoms with Crippen molar-refractivity contribution in [2.24, 2.45) is 5.73 Å². The molecular formula is C18H29NO9. The molecule has 0 saturated carbocycles. The van der Waals surface area contributed by atoms with Crippen molar-refractivity contribution in [3.63, 3.8) is 0 Å². The van der Waals surface area contributed by atoms with E-state index >= 15 is 0 Å². The van der Waals surface area contributed by atoms with Crippen molar-refractivity contribution >= 4 is 29.7 Å². The Morgan fingerprint density at radius 1 is 0.643 bits per heavy atom. The number of carbonyl (C=O) groups is 5. The first-order valence-corrected chi connectivity index (χ1v) is 8.81. The summed E-state index contributed by atoms with van der Waals surface area (Å²) in [7, 11) is 0. The molecule has 0 saturated heterocycles. The molecular weight excluding hydrogens is 374 g/mol. The Kier molecular flexibility index (Phi) is 17.1. The lowest BCUT2D eigenvalue weighted by molar-refractivity contribution is -0.149. The number of nitrogens with two attached hydrogens (primary N) is 1. The minimum absolute atomic E-state index is 0.0906. The molecule has 0 unspecified atom stereocenters. The lowest BCUT2D eigenvalue weighted by Crippen LogP contribution is -2.16. The normalized spacial score (nSPS) is 10.1. The lowest BCUT2D eigenvalue weighted by atomic mass is 10.2. The fourth-order valence-corrected chi connectivity index (χ4v) is 1.57. The molecule has 10 nitrogen and oxygen atoms in total. The third kappa shape index (κ3) is 17.9. The number of ether oxygens (including phenoxy) is 4. The van der Waals surface area contributed by atoms with Crippen LogP contribution in [0.3, 0.4) is 0 Å². The zero-order valence-electron chi connectivity index (χ0n) is 16.8. The zero-order valence-corrected chi connectivity index (χ0v) is 16.8. The number of esters is 4. The van der Waals surface area contributed by atoms with Gasteiger partial charge < -0.3 is 24.7 Å². The first-order chi connectivity index (χ1) is 13.2. The Bertz CT molecular complexity index is 533. The molecule has 0 fully saturated rings. The first-order valence-electron chi connectivity index (χ1n) is 8.81. The summed E-state index contributed by atoms with van der Waals surface area (Å²) in [5.41, 5.74) is 5.54. The van der Waals surface area contributed by atoms with Crippen LogP contribution in [0.15, 0.2) is 11.8 Å². The van der Waals surface area contributed by atoms with Gasteiger partial charge in [-0.3, -0.25) is 19.2 Å². The van der Waals surface area contributed by atoms with Gasteiger partial charge in [-0.1, -0.05) is 0 Å². The summed E-state index contributed by atoms with van der Waals surface area (Å²) in [4.78, 5) is 54.4. The summed E-state index contributed by atoms with van der Waals surface area (Å²) in [6, 6.07) is 0. The number of Topliss-reactive ketones (excluding diaryl/α,β-unsaturated/α-hetero) is 1. The van der Waals surface area contributed by atoms with Crippen molar-refractivity contribution in [1.29, 1.82) is 0 Å². The fraction of sp³-hybridized carbons (Fsp3) is 0.611. The molecule has 0 aromatic heterocycles. The standard InChI is InChI=1S/C9H15NO4.C9H14O5/c2*1-3-13-8(11)5-7(10)6-9(12)14-4-2/h5H,3-4,6,10H2,1-2H3;3-6H2,1-2H3/b7-5-;. The summed E-state index contributed by atoms with van der Waals surface area (Å²) in [5, 5.41) is 0. The quantitative estimate of drug-likeness (QED) is 0.227. The van der Waals surface area contributed by atoms with E-state index in [1.165, 1.54) is 0 Å². The van der Waals surface area contributed by atoms with Crippen molar-refractivity contribution in [3.8, 4) is 0 Å². The minimum Gasteiger partial charge on any atom is -0.466 e. The summed E-state index contributed by atoms with van der Waals surface area (Å²) in [6.07, 6.45) is 0.256. The van der Waals surface area contributed by atoms with Crippen LogP contribution in [-0.2, 0) is 42.9 Å². The van der Waals surface area contributed by atoms with Gasteiger partial charge in [0.1, 0.15) is 12.8 Å². The minimum atomic E-state index is -0.609. The second kappa shape index (κ2) is 17.5. The second-order valence-corrected chi connectivity index (χ2v) is 4.96. The van der Waals surface area contributed by atoms with Crippen molar-refractivity contribution in [2.75, 3.05) is 26.4 Å². The van der Waals surface area contributed by atoms with Gasteiger partial charge in [0.2, 0.25) is 0 Å². The average molecular weight is 403 g/mol. The third-order valence-electron chi connectivity index (χ3n) is 2.54. The molecule has 0 aliphatic rings. The van der Waals surface area contributed by atoms with Crippen LogP contribution in [0.4, 0.5) is 0 Å². The molecule has 0 aliphatic heterocycles. The second-order valence-electron chi connectivity index (χ2n) is 4.96. The Morgan fingerprint density at radius 3 is 1.36 bits per heavy atom. The predicted octanol–water partition coefficient (Wildman–Crippen LogP) is 0.807. The number of ketones is 1. The number of rotatable bonds is 11. The van der Waals surface area contributed by atoms with Crippen LogP contribution in [0.1, 0.15) is 47.0 Å². The third-order valence-corrected chi connectivity index (χ3v) is 2.54. The molecule has 2 N–H and O–H groups in total. The van der Waals surface area contributed by atoms with Gasteiger partial charge in [0, 0.05) is 11.8 Å². The highest BCUT2D eigenvalue weighted by atomic mass is 16.5. The monoisotopic (exact) mass is 403 g/mol. The average Bonchev–Trinajstić information content (AvgIpc) is 2.55. The molecule has 0 aliphatic carbocycles. The molecule has 0 radical (unpaired) electrons. The van der Waals surface area contributed by atoms with E-state index in [1.54, 1.807) is 27.7 Å². The van der Waals surface area contributed by atoms with E-state index < -0.39 is 29.7 Å². The Balaban J connectivity index is 0. The molecule has 160 valence electrons. The molecule has 10 heteroatoms. The van der Waals surface area contributed by atoms with Gasteiger partial charge in [-0.25, -0.2) is 4.79 Å². The number of carbonyl (C=O) groups excluding carboxylic acids is 5. The predicted molar refractivity (Wildman–Crippen MR) is 97.7 cm³/mol. The number of hydrogen-bond acceptors (Lipinski definition) is 10. The van der Waals surface area contributed by atoms with Crippen LogP contribution >= 0.6 is 0 Å². The van der Waals surface area contributed by atoms with Crippen LogP contribution in [-0.4, -0.2) is 56.1 Å². The highest BCUT2D eigenvalue weighted by molar-refractivity contribution is 6.03. The van der Waals surface area contributed by atoms with Crippen LogP contribution in [0.25, 0.3) is 0 Å². The molecule has 0 rings (SSSR count). The van der Waals surface area contributed by atoms with Gasteiger partial charge in [0.05, 0.1) is 32.8 Å². The van der Waals surface area contributed by atoms with Crippen LogP contribution < -0.4 is 5.73 Å². The van der Waals surface area contributed by atoms with Gasteiger partial charge in [0.15, 0.2) is 5.78 Å². The Labute approximate surface area is 164 Å². The molecule has 0 aromatic rings. The van der Waals surface area contributed by atoms with Gasteiger partial charge >= 0.3 is 23.9 Å². The Hall–Kier alpha value is -2.91. The van der Waals surface area contributed by atoms with Crippen molar-refractivity contribution in [2.45, 2.75) is 47.0 Å². The van der Waals surface area contributed by atoms with Crippen LogP contribution in [0.5, 0.6) is 0 Å². The van der Waals surface area contributed by atoms with E-state index in [9.17, 15) is 24.0 Å². The van der Waals surface area contributed by atoms with Gasteiger partial charge in [-0.2, -0.15) is 0 Å². The smallest absolute Gasteiger partial charge is 0.332 e. The number of hydrogen-bond donors (Lipinski definition) is 1. The highest BCUT2D eigenvalue weighted by Crippen LogP contribution is 1.97. The molecule has 0 amide bonds. The van der Waals surface area contributed by atoms with E-state index in [4.69, 9.17) is 5.73 Å². The summed E-state index contributed by atoms with van der Waals surface area (Å²) in [6.45, 7) is 7.71. The van der Waals surface area contributed by atoms with E-state index in [0.29, 0.717) is 6.61 Å². The van der Waals surface area contributed by atoms with Gasteiger partial charge in [-0.05, 0) is 27.7 Å². The molecule has 0 spiro atoms. The topological polar surface area (TPSA) is 148 Å². The SMILES string of the molecule is CCOC(=O)/C=C(\N)CC(=O)OCC.CCOC(=O)CC(=O)CC(=O)OCC. The fourth-order valence-electron chi connectivity index (χ4n) is 1.57. The molecule has 28 heavy (non-hydrogen) atoms. The summed E-state index contributed by atoms with van der Waals surface area (Å²) in [5.74, 6) is -2.70. The first kappa shape index (κ1) is 27.3. The van der Waals surface area contributed by atoms with Crippen molar-refractivity contribution in [1.82, 2.24) is 0 Å². The van der Waals surface area contributed by atoms with Crippen molar-refractivity contribution in [3.05, 3.63) is 11.8 Å². The molecule has 0 heterocycles. The van der Waals surface area contributed by atoms with E-state index in [0.717, 1.165) is 6.08 Å². The van der Waals surface area contributed by atoms with E-state index in [-0.39, 0.29) is 44.8 Å². The van der Waals surface area contributed by atoms with Crippen LogP contribution in [0, 0.1) is 0 Å². The van der Waals surface area contributed by atoms with E-state index in [1.807, 2.05) is 0 Å². The van der Waals surface area contributed by atoms with Gasteiger partial charge in [-0.15, -0.1) is 0 Å². The Morgan fingerprint density at radius 2 is 1.00 bits per heavy atom. The maximum absolute atomic E-state index is 11.0. The van der Waals surface area contributed by atoms with Crippen LogP contribution in [0.2, 0.25) is 0 Å². The summed E-state index contributed by atoms with van der Waals surface area (Å²) >= 11 is 0. The van der Waals surface area contributed by atoms with Gasteiger partial charge in [0.25, 0.3) is 0 Å². The summed E-state index contributed by atoms with van der Waals surface area (Å²) < 4.78 is 18.3. The molecule has 0 bridgehead atoms. The molecule has 0 aromatic carbocycles. The highest BCUT2D eigenvalue weighted by Gasteiger charge is 2.14.